The first-order valence-corrected chi connectivity index (χ1v) is 8.89. The van der Waals surface area contributed by atoms with Crippen LogP contribution in [0.2, 0.25) is 0 Å². The first kappa shape index (κ1) is 19.5. The lowest BCUT2D eigenvalue weighted by Gasteiger charge is -2.36. The molecule has 10 heteroatoms. The number of nitro benzene ring substituents is 1. The van der Waals surface area contributed by atoms with Crippen LogP contribution in [-0.2, 0) is 11.8 Å². The van der Waals surface area contributed by atoms with Crippen molar-refractivity contribution in [1.82, 2.24) is 24.9 Å². The third-order valence-electron chi connectivity index (χ3n) is 4.80. The Labute approximate surface area is 161 Å². The van der Waals surface area contributed by atoms with Crippen LogP contribution in [0, 0.1) is 10.1 Å². The average Bonchev–Trinajstić information content (AvgIpc) is 3.14. The maximum Gasteiger partial charge on any atom is 0.269 e. The second-order valence-electron chi connectivity index (χ2n) is 6.59. The van der Waals surface area contributed by atoms with Crippen LogP contribution >= 0.6 is 0 Å². The molecule has 1 atom stereocenters. The standard InChI is InChI=1S/C18H22N6O4/c1-19-16(14-11-20-21(2)12-14)18(26)23-9-7-22(8-10-23)17(25)13-3-5-15(6-4-13)24(27)28/h3-6,11-12,16,19H,7-10H2,1-2H3. The number of nitrogens with one attached hydrogen (secondary N) is 1. The molecule has 1 aliphatic rings. The summed E-state index contributed by atoms with van der Waals surface area (Å²) in [4.78, 5) is 39.1. The van der Waals surface area contributed by atoms with E-state index >= 15 is 0 Å². The molecule has 1 aromatic carbocycles. The van der Waals surface area contributed by atoms with Crippen molar-refractivity contribution >= 4 is 17.5 Å². The fourth-order valence-corrected chi connectivity index (χ4v) is 3.24. The molecule has 1 aliphatic heterocycles. The third kappa shape index (κ3) is 4.01. The molecule has 1 aromatic heterocycles. The smallest absolute Gasteiger partial charge is 0.269 e. The van der Waals surface area contributed by atoms with Crippen LogP contribution in [0.15, 0.2) is 36.7 Å². The maximum atomic E-state index is 12.8. The molecular weight excluding hydrogens is 364 g/mol. The summed E-state index contributed by atoms with van der Waals surface area (Å²) in [5.41, 5.74) is 1.13. The van der Waals surface area contributed by atoms with Crippen molar-refractivity contribution in [2.75, 3.05) is 33.2 Å². The number of aromatic nitrogens is 2. The molecule has 0 radical (unpaired) electrons. The Bertz CT molecular complexity index is 870. The monoisotopic (exact) mass is 386 g/mol. The number of amides is 2. The van der Waals surface area contributed by atoms with Gasteiger partial charge < -0.3 is 15.1 Å². The minimum absolute atomic E-state index is 0.0551. The zero-order chi connectivity index (χ0) is 20.3. The van der Waals surface area contributed by atoms with Gasteiger partial charge in [0, 0.05) is 62.7 Å². The Morgan fingerprint density at radius 3 is 2.25 bits per heavy atom. The van der Waals surface area contributed by atoms with Gasteiger partial charge in [-0.05, 0) is 19.2 Å². The van der Waals surface area contributed by atoms with Crippen molar-refractivity contribution in [1.29, 1.82) is 0 Å². The first-order valence-electron chi connectivity index (χ1n) is 8.89. The highest BCUT2D eigenvalue weighted by molar-refractivity contribution is 5.94. The number of nitrogens with zero attached hydrogens (tertiary/aromatic N) is 5. The quantitative estimate of drug-likeness (QED) is 0.594. The number of carbonyl (C=O) groups is 2. The van der Waals surface area contributed by atoms with Crippen LogP contribution in [0.3, 0.4) is 0 Å². The molecule has 2 aromatic rings. The van der Waals surface area contributed by atoms with Gasteiger partial charge in [0.05, 0.1) is 11.1 Å². The highest BCUT2D eigenvalue weighted by Crippen LogP contribution is 2.18. The second kappa shape index (κ2) is 8.17. The van der Waals surface area contributed by atoms with Crippen LogP contribution in [0.1, 0.15) is 22.0 Å². The normalized spacial score (nSPS) is 15.4. The number of non-ortho nitro benzene ring substituents is 1. The van der Waals surface area contributed by atoms with E-state index in [1.807, 2.05) is 0 Å². The van der Waals surface area contributed by atoms with Crippen LogP contribution in [0.25, 0.3) is 0 Å². The summed E-state index contributed by atoms with van der Waals surface area (Å²) >= 11 is 0. The summed E-state index contributed by atoms with van der Waals surface area (Å²) < 4.78 is 1.65. The lowest BCUT2D eigenvalue weighted by Crippen LogP contribution is -2.52. The fraction of sp³-hybridized carbons (Fsp3) is 0.389. The maximum absolute atomic E-state index is 12.8. The molecule has 0 aliphatic carbocycles. The number of piperazine rings is 1. The van der Waals surface area contributed by atoms with Gasteiger partial charge in [0.1, 0.15) is 6.04 Å². The average molecular weight is 386 g/mol. The lowest BCUT2D eigenvalue weighted by atomic mass is 10.1. The van der Waals surface area contributed by atoms with Crippen LogP contribution < -0.4 is 5.32 Å². The summed E-state index contributed by atoms with van der Waals surface area (Å²) in [7, 11) is 3.52. The van der Waals surface area contributed by atoms with Crippen molar-refractivity contribution in [2.45, 2.75) is 6.04 Å². The summed E-state index contributed by atoms with van der Waals surface area (Å²) in [6, 6.07) is 5.07. The topological polar surface area (TPSA) is 114 Å². The van der Waals surface area contributed by atoms with Gasteiger partial charge in [-0.2, -0.15) is 5.10 Å². The third-order valence-corrected chi connectivity index (χ3v) is 4.80. The van der Waals surface area contributed by atoms with Gasteiger partial charge in [-0.25, -0.2) is 0 Å². The SMILES string of the molecule is CNC(C(=O)N1CCN(C(=O)c2ccc([N+](=O)[O-])cc2)CC1)c1cnn(C)c1. The van der Waals surface area contributed by atoms with Gasteiger partial charge in [-0.1, -0.05) is 0 Å². The number of benzene rings is 1. The van der Waals surface area contributed by atoms with E-state index in [2.05, 4.69) is 10.4 Å². The van der Waals surface area contributed by atoms with Crippen molar-refractivity contribution in [3.05, 3.63) is 57.9 Å². The van der Waals surface area contributed by atoms with Gasteiger partial charge in [0.2, 0.25) is 5.91 Å². The highest BCUT2D eigenvalue weighted by atomic mass is 16.6. The Kier molecular flexibility index (Phi) is 5.69. The van der Waals surface area contributed by atoms with Crippen LogP contribution in [0.4, 0.5) is 5.69 Å². The molecule has 148 valence electrons. The Hall–Kier alpha value is -3.27. The van der Waals surface area contributed by atoms with Crippen LogP contribution in [-0.4, -0.2) is 69.5 Å². The number of aryl methyl sites for hydroxylation is 1. The second-order valence-corrected chi connectivity index (χ2v) is 6.59. The van der Waals surface area contributed by atoms with E-state index in [1.54, 1.807) is 41.0 Å². The van der Waals surface area contributed by atoms with E-state index in [9.17, 15) is 19.7 Å². The molecule has 0 spiro atoms. The number of rotatable bonds is 5. The summed E-state index contributed by atoms with van der Waals surface area (Å²) in [6.07, 6.45) is 3.46. The summed E-state index contributed by atoms with van der Waals surface area (Å²) in [5, 5.41) is 17.9. The first-order chi connectivity index (χ1) is 13.4. The predicted octanol–water partition coefficient (Wildman–Crippen LogP) is 0.573. The van der Waals surface area contributed by atoms with Crippen molar-refractivity contribution in [3.63, 3.8) is 0 Å². The van der Waals surface area contributed by atoms with Crippen LogP contribution in [0.5, 0.6) is 0 Å². The van der Waals surface area contributed by atoms with Crippen molar-refractivity contribution < 1.29 is 14.5 Å². The molecule has 28 heavy (non-hydrogen) atoms. The Balaban J connectivity index is 1.61. The molecule has 1 fully saturated rings. The number of carbonyl (C=O) groups excluding carboxylic acids is 2. The molecule has 2 amide bonds. The van der Waals surface area contributed by atoms with Gasteiger partial charge in [-0.15, -0.1) is 0 Å². The fourth-order valence-electron chi connectivity index (χ4n) is 3.24. The minimum Gasteiger partial charge on any atom is -0.337 e. The van der Waals surface area contributed by atoms with Gasteiger partial charge in [-0.3, -0.25) is 24.4 Å². The van der Waals surface area contributed by atoms with Gasteiger partial charge in [0.15, 0.2) is 0 Å². The molecular formula is C18H22N6O4. The van der Waals surface area contributed by atoms with E-state index in [0.29, 0.717) is 31.7 Å². The highest BCUT2D eigenvalue weighted by Gasteiger charge is 2.30. The van der Waals surface area contributed by atoms with E-state index < -0.39 is 11.0 Å². The van der Waals surface area contributed by atoms with Gasteiger partial charge in [0.25, 0.3) is 11.6 Å². The zero-order valence-electron chi connectivity index (χ0n) is 15.7. The van der Waals surface area contributed by atoms with E-state index in [4.69, 9.17) is 0 Å². The molecule has 1 N–H and O–H groups in total. The number of likely N-dealkylation sites (N-methyl/N-ethyl adjacent to an activating group) is 1. The predicted molar refractivity (Wildman–Crippen MR) is 101 cm³/mol. The number of hydrogen-bond donors (Lipinski definition) is 1. The largest absolute Gasteiger partial charge is 0.337 e. The van der Waals surface area contributed by atoms with Crippen molar-refractivity contribution in [2.24, 2.45) is 7.05 Å². The van der Waals surface area contributed by atoms with Gasteiger partial charge >= 0.3 is 0 Å². The molecule has 10 nitrogen and oxygen atoms in total. The Morgan fingerprint density at radius 2 is 1.75 bits per heavy atom. The van der Waals surface area contributed by atoms with E-state index in [-0.39, 0.29) is 17.5 Å². The Morgan fingerprint density at radius 1 is 1.14 bits per heavy atom. The molecule has 1 unspecified atom stereocenters. The molecule has 3 rings (SSSR count). The van der Waals surface area contributed by atoms with E-state index in [0.717, 1.165) is 5.56 Å². The molecule has 2 heterocycles. The lowest BCUT2D eigenvalue weighted by molar-refractivity contribution is -0.384. The number of nitro groups is 1. The summed E-state index contributed by atoms with van der Waals surface area (Å²) in [6.45, 7) is 1.67. The molecule has 0 bridgehead atoms. The number of hydrogen-bond acceptors (Lipinski definition) is 6. The van der Waals surface area contributed by atoms with E-state index in [1.165, 1.54) is 24.3 Å². The minimum atomic E-state index is -0.501. The summed E-state index contributed by atoms with van der Waals surface area (Å²) in [5.74, 6) is -0.252. The molecule has 0 saturated carbocycles. The molecule has 1 saturated heterocycles. The van der Waals surface area contributed by atoms with Crippen molar-refractivity contribution in [3.8, 4) is 0 Å². The zero-order valence-corrected chi connectivity index (χ0v) is 15.7.